The van der Waals surface area contributed by atoms with Crippen LogP contribution in [0.1, 0.15) is 43.0 Å². The highest BCUT2D eigenvalue weighted by Gasteiger charge is 2.23. The van der Waals surface area contributed by atoms with Gasteiger partial charge in [-0.15, -0.1) is 0 Å². The highest BCUT2D eigenvalue weighted by Crippen LogP contribution is 2.24. The molecule has 0 spiro atoms. The molecule has 0 aliphatic heterocycles. The van der Waals surface area contributed by atoms with Crippen molar-refractivity contribution in [3.63, 3.8) is 0 Å². The Morgan fingerprint density at radius 1 is 1.17 bits per heavy atom. The monoisotopic (exact) mass is 320 g/mol. The molecule has 0 heterocycles. The van der Waals surface area contributed by atoms with Crippen LogP contribution in [-0.2, 0) is 4.79 Å². The van der Waals surface area contributed by atoms with Crippen LogP contribution >= 0.6 is 0 Å². The van der Waals surface area contributed by atoms with Gasteiger partial charge in [0.05, 0.1) is 19.8 Å². The quantitative estimate of drug-likeness (QED) is 0.839. The minimum absolute atomic E-state index is 0.155. The molecule has 2 N–H and O–H groups in total. The van der Waals surface area contributed by atoms with Gasteiger partial charge in [0.2, 0.25) is 5.91 Å². The number of benzene rings is 1. The summed E-state index contributed by atoms with van der Waals surface area (Å²) < 4.78 is 10.3. The summed E-state index contributed by atoms with van der Waals surface area (Å²) in [7, 11) is 3.03. The maximum absolute atomic E-state index is 12.4. The fraction of sp³-hybridized carbons (Fsp3) is 0.529. The van der Waals surface area contributed by atoms with Crippen LogP contribution in [0.5, 0.6) is 11.5 Å². The molecule has 126 valence electrons. The third-order valence-electron chi connectivity index (χ3n) is 4.10. The molecule has 1 aromatic rings. The number of hydrogen-bond acceptors (Lipinski definition) is 4. The summed E-state index contributed by atoms with van der Waals surface area (Å²) in [5.41, 5.74) is 0.369. The maximum Gasteiger partial charge on any atom is 0.255 e. The molecule has 6 nitrogen and oxygen atoms in total. The zero-order valence-electron chi connectivity index (χ0n) is 13.8. The standard InChI is InChI=1S/C17H24N2O4/c1-11(16(20)19-12-6-4-5-7-12)18-17(21)14-9-8-13(22-2)10-15(14)23-3/h8-12H,4-7H2,1-3H3,(H,18,21)(H,19,20)/t11-/m0/s1. The highest BCUT2D eigenvalue weighted by molar-refractivity contribution is 5.99. The van der Waals surface area contributed by atoms with Gasteiger partial charge < -0.3 is 20.1 Å². The maximum atomic E-state index is 12.4. The molecule has 1 saturated carbocycles. The molecule has 0 unspecified atom stereocenters. The second-order valence-electron chi connectivity index (χ2n) is 5.75. The van der Waals surface area contributed by atoms with E-state index in [0.717, 1.165) is 25.7 Å². The first-order chi connectivity index (χ1) is 11.0. The first-order valence-corrected chi connectivity index (χ1v) is 7.88. The number of methoxy groups -OCH3 is 2. The lowest BCUT2D eigenvalue weighted by Crippen LogP contribution is -2.47. The summed E-state index contributed by atoms with van der Waals surface area (Å²) in [5.74, 6) is 0.506. The molecule has 1 aromatic carbocycles. The molecule has 1 aliphatic carbocycles. The number of ether oxygens (including phenoxy) is 2. The van der Waals surface area contributed by atoms with Gasteiger partial charge >= 0.3 is 0 Å². The van der Waals surface area contributed by atoms with E-state index in [1.54, 1.807) is 32.2 Å². The summed E-state index contributed by atoms with van der Waals surface area (Å²) >= 11 is 0. The van der Waals surface area contributed by atoms with E-state index in [1.807, 2.05) is 0 Å². The fourth-order valence-electron chi connectivity index (χ4n) is 2.72. The third kappa shape index (κ3) is 4.37. The predicted molar refractivity (Wildman–Crippen MR) is 86.9 cm³/mol. The van der Waals surface area contributed by atoms with Crippen molar-refractivity contribution >= 4 is 11.8 Å². The zero-order valence-corrected chi connectivity index (χ0v) is 13.8. The van der Waals surface area contributed by atoms with Crippen molar-refractivity contribution in [3.05, 3.63) is 23.8 Å². The topological polar surface area (TPSA) is 76.7 Å². The Balaban J connectivity index is 1.98. The minimum Gasteiger partial charge on any atom is -0.497 e. The first kappa shape index (κ1) is 17.1. The first-order valence-electron chi connectivity index (χ1n) is 7.88. The lowest BCUT2D eigenvalue weighted by Gasteiger charge is -2.18. The molecule has 0 radical (unpaired) electrons. The van der Waals surface area contributed by atoms with Gasteiger partial charge in [0.25, 0.3) is 5.91 Å². The van der Waals surface area contributed by atoms with Crippen molar-refractivity contribution in [2.24, 2.45) is 0 Å². The molecule has 1 aliphatic rings. The average molecular weight is 320 g/mol. The van der Waals surface area contributed by atoms with Crippen LogP contribution < -0.4 is 20.1 Å². The van der Waals surface area contributed by atoms with E-state index in [2.05, 4.69) is 10.6 Å². The van der Waals surface area contributed by atoms with E-state index in [0.29, 0.717) is 17.1 Å². The Bertz CT molecular complexity index is 568. The summed E-state index contributed by atoms with van der Waals surface area (Å²) in [6, 6.07) is 4.57. The summed E-state index contributed by atoms with van der Waals surface area (Å²) in [6.07, 6.45) is 4.32. The lowest BCUT2D eigenvalue weighted by atomic mass is 10.1. The van der Waals surface area contributed by atoms with Gasteiger partial charge in [0.1, 0.15) is 17.5 Å². The fourth-order valence-corrected chi connectivity index (χ4v) is 2.72. The lowest BCUT2D eigenvalue weighted by molar-refractivity contribution is -0.123. The van der Waals surface area contributed by atoms with Gasteiger partial charge in [-0.05, 0) is 31.9 Å². The largest absolute Gasteiger partial charge is 0.497 e. The molecule has 0 saturated heterocycles. The van der Waals surface area contributed by atoms with E-state index >= 15 is 0 Å². The van der Waals surface area contributed by atoms with E-state index in [1.165, 1.54) is 7.11 Å². The molecule has 6 heteroatoms. The van der Waals surface area contributed by atoms with Crippen LogP contribution in [0.4, 0.5) is 0 Å². The molecule has 2 rings (SSSR count). The van der Waals surface area contributed by atoms with Crippen molar-refractivity contribution in [3.8, 4) is 11.5 Å². The number of amides is 2. The summed E-state index contributed by atoms with van der Waals surface area (Å²) in [4.78, 5) is 24.5. The van der Waals surface area contributed by atoms with E-state index in [-0.39, 0.29) is 17.9 Å². The van der Waals surface area contributed by atoms with Gasteiger partial charge in [0.15, 0.2) is 0 Å². The second kappa shape index (κ2) is 7.85. The summed E-state index contributed by atoms with van der Waals surface area (Å²) in [5, 5.41) is 5.69. The van der Waals surface area contributed by atoms with Crippen molar-refractivity contribution in [2.75, 3.05) is 14.2 Å². The van der Waals surface area contributed by atoms with Gasteiger partial charge in [0, 0.05) is 12.1 Å². The van der Waals surface area contributed by atoms with Gasteiger partial charge in [-0.1, -0.05) is 12.8 Å². The van der Waals surface area contributed by atoms with Crippen molar-refractivity contribution in [2.45, 2.75) is 44.7 Å². The number of carbonyl (C=O) groups excluding carboxylic acids is 2. The second-order valence-corrected chi connectivity index (χ2v) is 5.75. The van der Waals surface area contributed by atoms with E-state index in [4.69, 9.17) is 9.47 Å². The number of nitrogens with one attached hydrogen (secondary N) is 2. The van der Waals surface area contributed by atoms with E-state index in [9.17, 15) is 9.59 Å². The Kier molecular flexibility index (Phi) is 5.84. The Hall–Kier alpha value is -2.24. The van der Waals surface area contributed by atoms with Crippen molar-refractivity contribution in [1.29, 1.82) is 0 Å². The van der Waals surface area contributed by atoms with Gasteiger partial charge in [-0.3, -0.25) is 9.59 Å². The van der Waals surface area contributed by atoms with Gasteiger partial charge in [-0.25, -0.2) is 0 Å². The Labute approximate surface area is 136 Å². The van der Waals surface area contributed by atoms with E-state index < -0.39 is 6.04 Å². The van der Waals surface area contributed by atoms with Gasteiger partial charge in [-0.2, -0.15) is 0 Å². The number of carbonyl (C=O) groups is 2. The number of hydrogen-bond donors (Lipinski definition) is 2. The van der Waals surface area contributed by atoms with Crippen LogP contribution in [0, 0.1) is 0 Å². The van der Waals surface area contributed by atoms with Crippen LogP contribution in [0.3, 0.4) is 0 Å². The molecule has 2 amide bonds. The van der Waals surface area contributed by atoms with Crippen LogP contribution in [0.15, 0.2) is 18.2 Å². The zero-order chi connectivity index (χ0) is 16.8. The molecular weight excluding hydrogens is 296 g/mol. The normalized spacial score (nSPS) is 15.8. The molecule has 1 fully saturated rings. The molecular formula is C17H24N2O4. The van der Waals surface area contributed by atoms with Crippen LogP contribution in [-0.4, -0.2) is 38.1 Å². The third-order valence-corrected chi connectivity index (χ3v) is 4.10. The van der Waals surface area contributed by atoms with Crippen LogP contribution in [0.25, 0.3) is 0 Å². The SMILES string of the molecule is COc1ccc(C(=O)N[C@@H](C)C(=O)NC2CCCC2)c(OC)c1. The molecule has 0 aromatic heterocycles. The molecule has 23 heavy (non-hydrogen) atoms. The predicted octanol–water partition coefficient (Wildman–Crippen LogP) is 1.88. The summed E-state index contributed by atoms with van der Waals surface area (Å²) in [6.45, 7) is 1.68. The average Bonchev–Trinajstić information content (AvgIpc) is 3.06. The Morgan fingerprint density at radius 2 is 1.87 bits per heavy atom. The smallest absolute Gasteiger partial charge is 0.255 e. The molecule has 0 bridgehead atoms. The molecule has 1 atom stereocenters. The Morgan fingerprint density at radius 3 is 2.48 bits per heavy atom. The van der Waals surface area contributed by atoms with Crippen molar-refractivity contribution < 1.29 is 19.1 Å². The number of rotatable bonds is 6. The van der Waals surface area contributed by atoms with Crippen LogP contribution in [0.2, 0.25) is 0 Å². The van der Waals surface area contributed by atoms with Crippen molar-refractivity contribution in [1.82, 2.24) is 10.6 Å². The minimum atomic E-state index is -0.602. The highest BCUT2D eigenvalue weighted by atomic mass is 16.5.